The second kappa shape index (κ2) is 3.76. The van der Waals surface area contributed by atoms with Crippen LogP contribution in [-0.2, 0) is 0 Å². The van der Waals surface area contributed by atoms with E-state index < -0.39 is 0 Å². The van der Waals surface area contributed by atoms with Gasteiger partial charge in [-0.25, -0.2) is 0 Å². The van der Waals surface area contributed by atoms with Crippen LogP contribution in [0.2, 0.25) is 0 Å². The molecule has 1 aromatic heterocycles. The topological polar surface area (TPSA) is 33.1 Å². The van der Waals surface area contributed by atoms with Crippen LogP contribution in [0.3, 0.4) is 0 Å². The summed E-state index contributed by atoms with van der Waals surface area (Å²) < 4.78 is 0. The van der Waals surface area contributed by atoms with Crippen LogP contribution in [0.1, 0.15) is 18.4 Å². The molecule has 0 aliphatic carbocycles. The van der Waals surface area contributed by atoms with Gasteiger partial charge < -0.3 is 5.11 Å². The second-order valence-corrected chi connectivity index (χ2v) is 3.53. The summed E-state index contributed by atoms with van der Waals surface area (Å²) in [6.07, 6.45) is 3.64. The summed E-state index contributed by atoms with van der Waals surface area (Å²) in [5.74, 6) is 0.182. The third kappa shape index (κ3) is 1.49. The average Bonchev–Trinajstić information content (AvgIpc) is 2.27. The maximum atomic E-state index is 9.13. The molecule has 1 aromatic carbocycles. The highest BCUT2D eigenvalue weighted by molar-refractivity contribution is 5.85. The average molecular weight is 187 g/mol. The number of pyridine rings is 1. The Morgan fingerprint density at radius 3 is 3.00 bits per heavy atom. The van der Waals surface area contributed by atoms with Crippen LogP contribution in [0, 0.1) is 0 Å². The minimum Gasteiger partial charge on any atom is -0.396 e. The van der Waals surface area contributed by atoms with Crippen molar-refractivity contribution in [1.82, 2.24) is 4.98 Å². The van der Waals surface area contributed by atoms with Gasteiger partial charge in [-0.2, -0.15) is 0 Å². The Labute approximate surface area is 83.2 Å². The zero-order valence-corrected chi connectivity index (χ0v) is 8.14. The van der Waals surface area contributed by atoms with Gasteiger partial charge in [0.25, 0.3) is 0 Å². The molecule has 0 aliphatic rings. The summed E-state index contributed by atoms with van der Waals surface area (Å²) >= 11 is 0. The van der Waals surface area contributed by atoms with E-state index in [0.717, 1.165) is 5.39 Å². The van der Waals surface area contributed by atoms with Crippen molar-refractivity contribution < 1.29 is 5.11 Å². The number of aromatic nitrogens is 1. The van der Waals surface area contributed by atoms with Crippen LogP contribution in [0.25, 0.3) is 10.8 Å². The first-order valence-corrected chi connectivity index (χ1v) is 4.76. The Bertz CT molecular complexity index is 434. The van der Waals surface area contributed by atoms with E-state index in [1.54, 1.807) is 6.20 Å². The number of rotatable bonds is 2. The predicted octanol–water partition coefficient (Wildman–Crippen LogP) is 2.33. The van der Waals surface area contributed by atoms with Crippen molar-refractivity contribution >= 4 is 10.8 Å². The first-order chi connectivity index (χ1) is 6.83. The minimum atomic E-state index is 0.182. The third-order valence-electron chi connectivity index (χ3n) is 2.52. The van der Waals surface area contributed by atoms with Crippen LogP contribution in [0.5, 0.6) is 0 Å². The van der Waals surface area contributed by atoms with Gasteiger partial charge in [0.2, 0.25) is 0 Å². The molecule has 0 fully saturated rings. The van der Waals surface area contributed by atoms with Crippen LogP contribution < -0.4 is 0 Å². The van der Waals surface area contributed by atoms with Gasteiger partial charge >= 0.3 is 0 Å². The molecule has 2 nitrogen and oxygen atoms in total. The van der Waals surface area contributed by atoms with Crippen molar-refractivity contribution in [3.05, 3.63) is 42.2 Å². The van der Waals surface area contributed by atoms with E-state index in [2.05, 4.69) is 11.1 Å². The quantitative estimate of drug-likeness (QED) is 0.782. The molecular weight excluding hydrogens is 174 g/mol. The van der Waals surface area contributed by atoms with E-state index >= 15 is 0 Å². The molecule has 1 unspecified atom stereocenters. The number of hydrogen-bond donors (Lipinski definition) is 1. The molecule has 0 aliphatic heterocycles. The predicted molar refractivity (Wildman–Crippen MR) is 57.2 cm³/mol. The molecule has 0 amide bonds. The van der Waals surface area contributed by atoms with Crippen LogP contribution in [-0.4, -0.2) is 16.7 Å². The molecule has 1 N–H and O–H groups in total. The minimum absolute atomic E-state index is 0.182. The van der Waals surface area contributed by atoms with Gasteiger partial charge in [0.1, 0.15) is 0 Å². The summed E-state index contributed by atoms with van der Waals surface area (Å²) in [4.78, 5) is 4.08. The maximum absolute atomic E-state index is 9.13. The molecule has 0 radical (unpaired) electrons. The molecule has 1 atom stereocenters. The molecular formula is C12H13NO. The second-order valence-electron chi connectivity index (χ2n) is 3.53. The van der Waals surface area contributed by atoms with Crippen molar-refractivity contribution in [3.63, 3.8) is 0 Å². The van der Waals surface area contributed by atoms with Gasteiger partial charge in [0.15, 0.2) is 0 Å². The monoisotopic (exact) mass is 187 g/mol. The lowest BCUT2D eigenvalue weighted by Crippen LogP contribution is -1.99. The third-order valence-corrected chi connectivity index (χ3v) is 2.52. The van der Waals surface area contributed by atoms with Crippen molar-refractivity contribution in [2.45, 2.75) is 12.8 Å². The fourth-order valence-electron chi connectivity index (χ4n) is 1.68. The molecule has 0 spiro atoms. The summed E-state index contributed by atoms with van der Waals surface area (Å²) in [6, 6.07) is 8.10. The van der Waals surface area contributed by atoms with Gasteiger partial charge in [-0.15, -0.1) is 0 Å². The first kappa shape index (κ1) is 9.16. The van der Waals surface area contributed by atoms with Crippen LogP contribution in [0.15, 0.2) is 36.7 Å². The molecule has 0 bridgehead atoms. The summed E-state index contributed by atoms with van der Waals surface area (Å²) in [6.45, 7) is 2.20. The fourth-order valence-corrected chi connectivity index (χ4v) is 1.68. The van der Waals surface area contributed by atoms with Gasteiger partial charge in [-0.3, -0.25) is 4.98 Å². The van der Waals surface area contributed by atoms with E-state index in [-0.39, 0.29) is 12.5 Å². The van der Waals surface area contributed by atoms with Crippen molar-refractivity contribution in [3.8, 4) is 0 Å². The number of aliphatic hydroxyl groups is 1. The molecule has 2 heteroatoms. The highest BCUT2D eigenvalue weighted by atomic mass is 16.3. The van der Waals surface area contributed by atoms with Crippen LogP contribution in [0.4, 0.5) is 0 Å². The van der Waals surface area contributed by atoms with E-state index in [0.29, 0.717) is 0 Å². The Morgan fingerprint density at radius 2 is 2.21 bits per heavy atom. The highest BCUT2D eigenvalue weighted by Crippen LogP contribution is 2.24. The lowest BCUT2D eigenvalue weighted by atomic mass is 9.96. The number of nitrogens with zero attached hydrogens (tertiary/aromatic N) is 1. The van der Waals surface area contributed by atoms with Crippen LogP contribution >= 0.6 is 0 Å². The molecule has 0 saturated carbocycles. The molecule has 2 aromatic rings. The molecule has 0 saturated heterocycles. The Kier molecular flexibility index (Phi) is 2.46. The number of hydrogen-bond acceptors (Lipinski definition) is 2. The molecule has 14 heavy (non-hydrogen) atoms. The highest BCUT2D eigenvalue weighted by Gasteiger charge is 2.07. The maximum Gasteiger partial charge on any atom is 0.0497 e. The Balaban J connectivity index is 2.65. The largest absolute Gasteiger partial charge is 0.396 e. The van der Waals surface area contributed by atoms with Crippen molar-refractivity contribution in [2.24, 2.45) is 0 Å². The first-order valence-electron chi connectivity index (χ1n) is 4.76. The van der Waals surface area contributed by atoms with Gasteiger partial charge in [-0.1, -0.05) is 25.1 Å². The number of aliphatic hydroxyl groups excluding tert-OH is 1. The van der Waals surface area contributed by atoms with E-state index in [1.807, 2.05) is 31.3 Å². The van der Waals surface area contributed by atoms with E-state index in [9.17, 15) is 0 Å². The zero-order chi connectivity index (χ0) is 9.97. The SMILES string of the molecule is CC(CO)c1cccc2cnccc12. The molecule has 1 heterocycles. The summed E-state index contributed by atoms with van der Waals surface area (Å²) in [7, 11) is 0. The van der Waals surface area contributed by atoms with Crippen molar-refractivity contribution in [2.75, 3.05) is 6.61 Å². The molecule has 2 rings (SSSR count). The summed E-state index contributed by atoms with van der Waals surface area (Å²) in [5, 5.41) is 11.4. The normalized spacial score (nSPS) is 13.0. The number of fused-ring (bicyclic) bond motifs is 1. The smallest absolute Gasteiger partial charge is 0.0497 e. The van der Waals surface area contributed by atoms with E-state index in [1.165, 1.54) is 10.9 Å². The van der Waals surface area contributed by atoms with Crippen molar-refractivity contribution in [1.29, 1.82) is 0 Å². The lowest BCUT2D eigenvalue weighted by Gasteiger charge is -2.11. The van der Waals surface area contributed by atoms with Gasteiger partial charge in [0.05, 0.1) is 0 Å². The fraction of sp³-hybridized carbons (Fsp3) is 0.250. The molecule has 72 valence electrons. The summed E-state index contributed by atoms with van der Waals surface area (Å²) in [5.41, 5.74) is 1.19. The Morgan fingerprint density at radius 1 is 1.36 bits per heavy atom. The zero-order valence-electron chi connectivity index (χ0n) is 8.14. The number of benzene rings is 1. The Hall–Kier alpha value is -1.41. The standard InChI is InChI=1S/C12H13NO/c1-9(8-14)11-4-2-3-10-7-13-6-5-12(10)11/h2-7,9,14H,8H2,1H3. The van der Waals surface area contributed by atoms with Gasteiger partial charge in [0, 0.05) is 30.3 Å². The lowest BCUT2D eigenvalue weighted by molar-refractivity contribution is 0.273. The van der Waals surface area contributed by atoms with E-state index in [4.69, 9.17) is 5.11 Å². The van der Waals surface area contributed by atoms with Gasteiger partial charge in [-0.05, 0) is 17.0 Å².